The molecule has 0 bridgehead atoms. The molecule has 3 heteroatoms. The molecule has 3 aromatic carbocycles. The molecule has 1 aliphatic rings. The highest BCUT2D eigenvalue weighted by Crippen LogP contribution is 2.54. The molecular weight excluding hydrogens is 460 g/mol. The van der Waals surface area contributed by atoms with Crippen LogP contribution in [0.1, 0.15) is 60.1 Å². The highest BCUT2D eigenvalue weighted by atomic mass is 79.9. The molecule has 3 aromatic rings. The Morgan fingerprint density at radius 2 is 1.56 bits per heavy atom. The van der Waals surface area contributed by atoms with E-state index in [4.69, 9.17) is 0 Å². The Bertz CT molecular complexity index is 1190. The lowest BCUT2D eigenvalue weighted by Crippen LogP contribution is -2.44. The summed E-state index contributed by atoms with van der Waals surface area (Å²) in [5.41, 5.74) is 2.95. The van der Waals surface area contributed by atoms with Crippen LogP contribution in [-0.4, -0.2) is 10.2 Å². The van der Waals surface area contributed by atoms with E-state index in [1.165, 1.54) is 0 Å². The molecule has 164 valence electrons. The predicted octanol–water partition coefficient (Wildman–Crippen LogP) is 6.89. The van der Waals surface area contributed by atoms with Crippen LogP contribution in [0.15, 0.2) is 95.0 Å². The third-order valence-electron chi connectivity index (χ3n) is 6.40. The Hall–Kier alpha value is -2.46. The predicted molar refractivity (Wildman–Crippen MR) is 135 cm³/mol. The standard InChI is InChI=1S/C29H29BrO2/c1-4-6-10-21(9-5-2)29(32)25-12-8-7-11-24(25)28(31,22-14-16-23(30)17-15-22)26-18-13-20(3)19-27(26)29/h4,6-8,10-19,31-32H,5,9H2,1-3H3/b6-4-,21-10+. The van der Waals surface area contributed by atoms with Gasteiger partial charge in [0.25, 0.3) is 0 Å². The number of fused-ring (bicyclic) bond motifs is 2. The topological polar surface area (TPSA) is 40.5 Å². The van der Waals surface area contributed by atoms with Gasteiger partial charge < -0.3 is 10.2 Å². The van der Waals surface area contributed by atoms with Gasteiger partial charge in [-0.05, 0) is 65.8 Å². The van der Waals surface area contributed by atoms with Gasteiger partial charge in [-0.3, -0.25) is 0 Å². The molecule has 0 saturated heterocycles. The number of hydrogen-bond donors (Lipinski definition) is 2. The zero-order valence-electron chi connectivity index (χ0n) is 18.8. The molecule has 0 heterocycles. The SMILES string of the molecule is C/C=C\C=C(/CCC)C1(O)c2ccccc2C(O)(c2ccc(Br)cc2)c2ccc(C)cc21. The molecule has 2 nitrogen and oxygen atoms in total. The maximum Gasteiger partial charge on any atom is 0.141 e. The van der Waals surface area contributed by atoms with E-state index in [0.29, 0.717) is 11.1 Å². The molecule has 1 aliphatic carbocycles. The van der Waals surface area contributed by atoms with Crippen LogP contribution in [0.25, 0.3) is 0 Å². The number of halogens is 1. The molecule has 0 amide bonds. The zero-order chi connectivity index (χ0) is 22.9. The summed E-state index contributed by atoms with van der Waals surface area (Å²) in [4.78, 5) is 0. The van der Waals surface area contributed by atoms with Gasteiger partial charge in [0.05, 0.1) is 0 Å². The van der Waals surface area contributed by atoms with E-state index in [2.05, 4.69) is 22.9 Å². The van der Waals surface area contributed by atoms with Gasteiger partial charge in [0.15, 0.2) is 0 Å². The van der Waals surface area contributed by atoms with Crippen LogP contribution < -0.4 is 0 Å². The molecule has 0 saturated carbocycles. The van der Waals surface area contributed by atoms with Gasteiger partial charge in [-0.1, -0.05) is 108 Å². The lowest BCUT2D eigenvalue weighted by atomic mass is 9.62. The van der Waals surface area contributed by atoms with Crippen molar-refractivity contribution in [1.29, 1.82) is 0 Å². The van der Waals surface area contributed by atoms with E-state index in [9.17, 15) is 10.2 Å². The lowest BCUT2D eigenvalue weighted by molar-refractivity contribution is 0.0702. The fraction of sp³-hybridized carbons (Fsp3) is 0.241. The summed E-state index contributed by atoms with van der Waals surface area (Å²) in [6.07, 6.45) is 7.64. The molecule has 0 radical (unpaired) electrons. The van der Waals surface area contributed by atoms with Crippen LogP contribution in [0.5, 0.6) is 0 Å². The van der Waals surface area contributed by atoms with E-state index in [0.717, 1.165) is 45.1 Å². The van der Waals surface area contributed by atoms with Crippen LogP contribution >= 0.6 is 15.9 Å². The third-order valence-corrected chi connectivity index (χ3v) is 6.93. The van der Waals surface area contributed by atoms with E-state index in [-0.39, 0.29) is 0 Å². The van der Waals surface area contributed by atoms with Crippen molar-refractivity contribution >= 4 is 15.9 Å². The zero-order valence-corrected chi connectivity index (χ0v) is 20.4. The fourth-order valence-electron chi connectivity index (χ4n) is 4.89. The minimum atomic E-state index is -1.37. The second-order valence-electron chi connectivity index (χ2n) is 8.49. The first kappa shape index (κ1) is 22.7. The largest absolute Gasteiger partial charge is 0.376 e. The Morgan fingerprint density at radius 1 is 0.906 bits per heavy atom. The van der Waals surface area contributed by atoms with Crippen molar-refractivity contribution in [2.45, 2.75) is 44.8 Å². The van der Waals surface area contributed by atoms with Crippen molar-refractivity contribution < 1.29 is 10.2 Å². The highest BCUT2D eigenvalue weighted by Gasteiger charge is 2.51. The molecule has 2 unspecified atom stereocenters. The van der Waals surface area contributed by atoms with Crippen LogP contribution in [0.3, 0.4) is 0 Å². The smallest absolute Gasteiger partial charge is 0.141 e. The van der Waals surface area contributed by atoms with E-state index in [1.807, 2.05) is 98.8 Å². The molecule has 0 fully saturated rings. The Morgan fingerprint density at radius 3 is 2.22 bits per heavy atom. The summed E-state index contributed by atoms with van der Waals surface area (Å²) >= 11 is 3.50. The van der Waals surface area contributed by atoms with Crippen molar-refractivity contribution in [3.8, 4) is 0 Å². The second-order valence-corrected chi connectivity index (χ2v) is 9.41. The molecule has 4 rings (SSSR count). The maximum absolute atomic E-state index is 12.5. The highest BCUT2D eigenvalue weighted by molar-refractivity contribution is 9.10. The molecular formula is C29H29BrO2. The third kappa shape index (κ3) is 3.49. The quantitative estimate of drug-likeness (QED) is 0.383. The summed E-state index contributed by atoms with van der Waals surface area (Å²) in [5.74, 6) is 0. The van der Waals surface area contributed by atoms with Gasteiger partial charge in [-0.2, -0.15) is 0 Å². The van der Waals surface area contributed by atoms with Crippen LogP contribution in [0.4, 0.5) is 0 Å². The summed E-state index contributed by atoms with van der Waals surface area (Å²) < 4.78 is 0.953. The second kappa shape index (κ2) is 8.82. The number of aliphatic hydroxyl groups is 2. The number of rotatable bonds is 5. The molecule has 2 N–H and O–H groups in total. The van der Waals surface area contributed by atoms with Gasteiger partial charge in [-0.25, -0.2) is 0 Å². The van der Waals surface area contributed by atoms with Crippen molar-refractivity contribution in [3.63, 3.8) is 0 Å². The van der Waals surface area contributed by atoms with Gasteiger partial charge in [0, 0.05) is 4.47 Å². The Balaban J connectivity index is 2.12. The molecule has 32 heavy (non-hydrogen) atoms. The van der Waals surface area contributed by atoms with E-state index >= 15 is 0 Å². The van der Waals surface area contributed by atoms with E-state index < -0.39 is 11.2 Å². The molecule has 0 spiro atoms. The van der Waals surface area contributed by atoms with Crippen molar-refractivity contribution in [2.24, 2.45) is 0 Å². The van der Waals surface area contributed by atoms with Crippen molar-refractivity contribution in [3.05, 3.63) is 128 Å². The van der Waals surface area contributed by atoms with Gasteiger partial charge in [-0.15, -0.1) is 0 Å². The van der Waals surface area contributed by atoms with Crippen molar-refractivity contribution in [1.82, 2.24) is 0 Å². The average molecular weight is 489 g/mol. The lowest BCUT2D eigenvalue weighted by Gasteiger charge is -2.46. The van der Waals surface area contributed by atoms with E-state index in [1.54, 1.807) is 0 Å². The van der Waals surface area contributed by atoms with Gasteiger partial charge in [0.1, 0.15) is 11.2 Å². The Labute approximate surface area is 199 Å². The fourth-order valence-corrected chi connectivity index (χ4v) is 5.16. The first-order valence-corrected chi connectivity index (χ1v) is 11.9. The summed E-state index contributed by atoms with van der Waals surface area (Å²) in [6.45, 7) is 6.12. The molecule has 0 aromatic heterocycles. The average Bonchev–Trinajstić information content (AvgIpc) is 2.80. The first-order chi connectivity index (χ1) is 15.4. The van der Waals surface area contributed by atoms with Crippen LogP contribution in [-0.2, 0) is 11.2 Å². The monoisotopic (exact) mass is 488 g/mol. The minimum absolute atomic E-state index is 0.712. The number of aryl methyl sites for hydroxylation is 1. The van der Waals surface area contributed by atoms with Gasteiger partial charge >= 0.3 is 0 Å². The summed E-state index contributed by atoms with van der Waals surface area (Å²) in [6, 6.07) is 21.5. The minimum Gasteiger partial charge on any atom is -0.376 e. The normalized spacial score (nSPS) is 22.6. The summed E-state index contributed by atoms with van der Waals surface area (Å²) in [5, 5.41) is 24.9. The van der Waals surface area contributed by atoms with Crippen LogP contribution in [0, 0.1) is 6.92 Å². The first-order valence-electron chi connectivity index (χ1n) is 11.1. The Kier molecular flexibility index (Phi) is 6.26. The molecule has 0 aliphatic heterocycles. The summed E-state index contributed by atoms with van der Waals surface area (Å²) in [7, 11) is 0. The van der Waals surface area contributed by atoms with Crippen molar-refractivity contribution in [2.75, 3.05) is 0 Å². The van der Waals surface area contributed by atoms with Gasteiger partial charge in [0.2, 0.25) is 0 Å². The number of hydrogen-bond acceptors (Lipinski definition) is 2. The number of benzene rings is 3. The number of allylic oxidation sites excluding steroid dienone is 3. The maximum atomic E-state index is 12.5. The van der Waals surface area contributed by atoms with Crippen LogP contribution in [0.2, 0.25) is 0 Å². The molecule has 2 atom stereocenters.